The van der Waals surface area contributed by atoms with E-state index in [4.69, 9.17) is 0 Å². The number of nitrogens with zero attached hydrogens (tertiary/aromatic N) is 1. The van der Waals surface area contributed by atoms with Crippen LogP contribution in [-0.4, -0.2) is 29.8 Å². The fourth-order valence-corrected chi connectivity index (χ4v) is 3.11. The molecule has 0 aromatic carbocycles. The number of imide groups is 1. The Labute approximate surface area is 97.2 Å². The molecule has 3 heterocycles. The summed E-state index contributed by atoms with van der Waals surface area (Å²) in [5.41, 5.74) is 0. The fraction of sp³-hybridized carbons (Fsp3) is 0.455. The molecule has 16 heavy (non-hydrogen) atoms. The molecule has 2 fully saturated rings. The first kappa shape index (κ1) is 9.99. The summed E-state index contributed by atoms with van der Waals surface area (Å²) in [6.45, 7) is 1.74. The smallest absolute Gasteiger partial charge is 0.234 e. The van der Waals surface area contributed by atoms with Crippen molar-refractivity contribution < 1.29 is 9.59 Å². The van der Waals surface area contributed by atoms with Crippen molar-refractivity contribution in [1.82, 2.24) is 10.2 Å². The van der Waals surface area contributed by atoms with Crippen LogP contribution < -0.4 is 5.32 Å². The molecular weight excluding hydrogens is 224 g/mol. The fourth-order valence-electron chi connectivity index (χ4n) is 2.42. The first-order chi connectivity index (χ1) is 7.77. The summed E-state index contributed by atoms with van der Waals surface area (Å²) in [4.78, 5) is 26.5. The van der Waals surface area contributed by atoms with Gasteiger partial charge in [-0.05, 0) is 11.4 Å². The lowest BCUT2D eigenvalue weighted by Gasteiger charge is -2.14. The highest BCUT2D eigenvalue weighted by Crippen LogP contribution is 2.30. The molecule has 2 atom stereocenters. The van der Waals surface area contributed by atoms with Crippen molar-refractivity contribution in [3.8, 4) is 0 Å². The lowest BCUT2D eigenvalue weighted by molar-refractivity contribution is -0.140. The van der Waals surface area contributed by atoms with Gasteiger partial charge < -0.3 is 5.32 Å². The number of rotatable bonds is 2. The third-order valence-corrected chi connectivity index (χ3v) is 4.14. The maximum absolute atomic E-state index is 12.0. The van der Waals surface area contributed by atoms with Gasteiger partial charge in [0.1, 0.15) is 0 Å². The van der Waals surface area contributed by atoms with Gasteiger partial charge in [-0.25, -0.2) is 0 Å². The predicted octanol–water partition coefficient (Wildman–Crippen LogP) is 0.452. The number of hydrogen-bond acceptors (Lipinski definition) is 4. The van der Waals surface area contributed by atoms with E-state index in [-0.39, 0.29) is 23.7 Å². The number of fused-ring (bicyclic) bond motifs is 1. The van der Waals surface area contributed by atoms with Crippen molar-refractivity contribution in [3.63, 3.8) is 0 Å². The summed E-state index contributed by atoms with van der Waals surface area (Å²) in [6, 6.07) is 3.89. The van der Waals surface area contributed by atoms with Crippen molar-refractivity contribution in [2.24, 2.45) is 11.8 Å². The monoisotopic (exact) mass is 236 g/mol. The summed E-state index contributed by atoms with van der Waals surface area (Å²) >= 11 is 1.58. The number of thiophene rings is 1. The average Bonchev–Trinajstić information content (AvgIpc) is 2.97. The summed E-state index contributed by atoms with van der Waals surface area (Å²) in [6.07, 6.45) is 0. The van der Waals surface area contributed by atoms with Gasteiger partial charge in [0.2, 0.25) is 11.8 Å². The summed E-state index contributed by atoms with van der Waals surface area (Å²) < 4.78 is 0. The van der Waals surface area contributed by atoms with Crippen LogP contribution >= 0.6 is 11.3 Å². The second kappa shape index (κ2) is 3.68. The standard InChI is InChI=1S/C11H12N2O2S/c14-10-8-4-12-5-9(8)11(15)13(10)6-7-2-1-3-16-7/h1-3,8-9,12H,4-6H2/t8-,9+. The van der Waals surface area contributed by atoms with Crippen LogP contribution in [0.25, 0.3) is 0 Å². The Balaban J connectivity index is 1.81. The van der Waals surface area contributed by atoms with E-state index in [0.717, 1.165) is 4.88 Å². The maximum Gasteiger partial charge on any atom is 0.234 e. The SMILES string of the molecule is O=C1[C@H]2CNC[C@H]2C(=O)N1Cc1cccs1. The minimum Gasteiger partial charge on any atom is -0.315 e. The van der Waals surface area contributed by atoms with Gasteiger partial charge in [0.15, 0.2) is 0 Å². The molecule has 0 radical (unpaired) electrons. The summed E-state index contributed by atoms with van der Waals surface area (Å²) in [5, 5.41) is 5.06. The third kappa shape index (κ3) is 1.39. The van der Waals surface area contributed by atoms with E-state index in [1.807, 2.05) is 17.5 Å². The van der Waals surface area contributed by atoms with Crippen LogP contribution in [-0.2, 0) is 16.1 Å². The van der Waals surface area contributed by atoms with Gasteiger partial charge in [0.05, 0.1) is 18.4 Å². The van der Waals surface area contributed by atoms with Crippen molar-refractivity contribution in [2.75, 3.05) is 13.1 Å². The van der Waals surface area contributed by atoms with Crippen LogP contribution in [0.1, 0.15) is 4.88 Å². The zero-order valence-corrected chi connectivity index (χ0v) is 9.50. The van der Waals surface area contributed by atoms with E-state index in [2.05, 4.69) is 5.32 Å². The largest absolute Gasteiger partial charge is 0.315 e. The molecule has 84 valence electrons. The summed E-state index contributed by atoms with van der Waals surface area (Å²) in [5.74, 6) is -0.248. The van der Waals surface area contributed by atoms with Gasteiger partial charge in [-0.1, -0.05) is 6.07 Å². The molecule has 0 saturated carbocycles. The van der Waals surface area contributed by atoms with Crippen molar-refractivity contribution >= 4 is 23.2 Å². The van der Waals surface area contributed by atoms with E-state index in [0.29, 0.717) is 19.6 Å². The van der Waals surface area contributed by atoms with E-state index < -0.39 is 0 Å². The van der Waals surface area contributed by atoms with Crippen LogP contribution in [0.2, 0.25) is 0 Å². The number of likely N-dealkylation sites (tertiary alicyclic amines) is 1. The predicted molar refractivity (Wildman–Crippen MR) is 59.7 cm³/mol. The second-order valence-corrected chi connectivity index (χ2v) is 5.25. The van der Waals surface area contributed by atoms with Gasteiger partial charge in [-0.3, -0.25) is 14.5 Å². The van der Waals surface area contributed by atoms with Crippen LogP contribution in [0, 0.1) is 11.8 Å². The lowest BCUT2D eigenvalue weighted by Crippen LogP contribution is -2.33. The Morgan fingerprint density at radius 2 is 2.00 bits per heavy atom. The van der Waals surface area contributed by atoms with Crippen LogP contribution in [0.5, 0.6) is 0 Å². The van der Waals surface area contributed by atoms with Gasteiger partial charge >= 0.3 is 0 Å². The minimum atomic E-state index is -0.118. The van der Waals surface area contributed by atoms with E-state index >= 15 is 0 Å². The minimum absolute atomic E-state index is 0.00611. The third-order valence-electron chi connectivity index (χ3n) is 3.27. The molecule has 1 aromatic rings. The van der Waals surface area contributed by atoms with E-state index in [9.17, 15) is 9.59 Å². The highest BCUT2D eigenvalue weighted by Gasteiger charge is 2.49. The van der Waals surface area contributed by atoms with Crippen molar-refractivity contribution in [2.45, 2.75) is 6.54 Å². The van der Waals surface area contributed by atoms with Gasteiger partial charge in [-0.15, -0.1) is 11.3 Å². The Kier molecular flexibility index (Phi) is 2.29. The normalized spacial score (nSPS) is 28.9. The topological polar surface area (TPSA) is 49.4 Å². The molecule has 0 aliphatic carbocycles. The quantitative estimate of drug-likeness (QED) is 0.759. The first-order valence-electron chi connectivity index (χ1n) is 5.35. The Morgan fingerprint density at radius 3 is 2.56 bits per heavy atom. The zero-order valence-electron chi connectivity index (χ0n) is 8.68. The molecule has 0 unspecified atom stereocenters. The molecule has 1 N–H and O–H groups in total. The number of carbonyl (C=O) groups excluding carboxylic acids is 2. The Morgan fingerprint density at radius 1 is 1.31 bits per heavy atom. The molecule has 5 heteroatoms. The zero-order chi connectivity index (χ0) is 11.1. The molecule has 2 aliphatic rings. The summed E-state index contributed by atoms with van der Waals surface area (Å²) in [7, 11) is 0. The molecule has 0 spiro atoms. The Bertz CT molecular complexity index is 407. The second-order valence-electron chi connectivity index (χ2n) is 4.21. The number of carbonyl (C=O) groups is 2. The van der Waals surface area contributed by atoms with Crippen LogP contribution in [0.4, 0.5) is 0 Å². The van der Waals surface area contributed by atoms with Gasteiger partial charge in [-0.2, -0.15) is 0 Å². The van der Waals surface area contributed by atoms with Crippen molar-refractivity contribution in [1.29, 1.82) is 0 Å². The van der Waals surface area contributed by atoms with Crippen LogP contribution in [0.15, 0.2) is 17.5 Å². The van der Waals surface area contributed by atoms with E-state index in [1.54, 1.807) is 11.3 Å². The molecular formula is C11H12N2O2S. The molecule has 3 rings (SSSR count). The van der Waals surface area contributed by atoms with E-state index in [1.165, 1.54) is 4.90 Å². The lowest BCUT2D eigenvalue weighted by atomic mass is 10.00. The number of nitrogens with one attached hydrogen (secondary N) is 1. The molecule has 2 aliphatic heterocycles. The van der Waals surface area contributed by atoms with Gasteiger partial charge in [0, 0.05) is 18.0 Å². The molecule has 4 nitrogen and oxygen atoms in total. The molecule has 0 bridgehead atoms. The Hall–Kier alpha value is -1.20. The molecule has 2 amide bonds. The molecule has 1 aromatic heterocycles. The first-order valence-corrected chi connectivity index (χ1v) is 6.23. The molecule has 2 saturated heterocycles. The number of hydrogen-bond donors (Lipinski definition) is 1. The average molecular weight is 236 g/mol. The van der Waals surface area contributed by atoms with Crippen LogP contribution in [0.3, 0.4) is 0 Å². The van der Waals surface area contributed by atoms with Gasteiger partial charge in [0.25, 0.3) is 0 Å². The highest BCUT2D eigenvalue weighted by atomic mass is 32.1. The van der Waals surface area contributed by atoms with Crippen molar-refractivity contribution in [3.05, 3.63) is 22.4 Å². The number of amides is 2. The highest BCUT2D eigenvalue weighted by molar-refractivity contribution is 7.09. The maximum atomic E-state index is 12.0.